The lowest BCUT2D eigenvalue weighted by Gasteiger charge is -2.49. The van der Waals surface area contributed by atoms with Crippen molar-refractivity contribution in [3.05, 3.63) is 0 Å². The van der Waals surface area contributed by atoms with Gasteiger partial charge >= 0.3 is 0 Å². The van der Waals surface area contributed by atoms with E-state index >= 15 is 0 Å². The van der Waals surface area contributed by atoms with Gasteiger partial charge in [0, 0.05) is 6.04 Å². The largest absolute Gasteiger partial charge is 0.388 e. The van der Waals surface area contributed by atoms with Gasteiger partial charge in [-0.25, -0.2) is 0 Å². The summed E-state index contributed by atoms with van der Waals surface area (Å²) in [7, 11) is 1.60. The van der Waals surface area contributed by atoms with Crippen LogP contribution in [0.2, 0.25) is 0 Å². The lowest BCUT2D eigenvalue weighted by molar-refractivity contribution is -0.311. The number of ether oxygens (including phenoxy) is 4. The summed E-state index contributed by atoms with van der Waals surface area (Å²) in [5.41, 5.74) is 10.8. The van der Waals surface area contributed by atoms with Crippen LogP contribution in [0.15, 0.2) is 0 Å². The van der Waals surface area contributed by atoms with Crippen LogP contribution in [0.3, 0.4) is 0 Å². The first-order chi connectivity index (χ1) is 18.3. The number of amides is 1. The molecule has 2 saturated heterocycles. The Morgan fingerprint density at radius 3 is 2.44 bits per heavy atom. The van der Waals surface area contributed by atoms with E-state index in [0.717, 1.165) is 19.3 Å². The van der Waals surface area contributed by atoms with Crippen LogP contribution in [0, 0.1) is 5.92 Å². The highest BCUT2D eigenvalue weighted by atomic mass is 16.7. The second kappa shape index (κ2) is 13.8. The van der Waals surface area contributed by atoms with E-state index in [-0.39, 0.29) is 24.7 Å². The average Bonchev–Trinajstić information content (AvgIpc) is 2.89. The van der Waals surface area contributed by atoms with Crippen LogP contribution in [-0.2, 0) is 23.7 Å². The smallest absolute Gasteiger partial charge is 0.250 e. The molecule has 1 saturated carbocycles. The maximum atomic E-state index is 12.9. The molecule has 0 aromatic rings. The first kappa shape index (κ1) is 32.5. The quantitative estimate of drug-likeness (QED) is 0.146. The first-order valence-electron chi connectivity index (χ1n) is 14.2. The van der Waals surface area contributed by atoms with E-state index < -0.39 is 72.7 Å². The van der Waals surface area contributed by atoms with Gasteiger partial charge in [-0.1, -0.05) is 20.8 Å². The molecule has 39 heavy (non-hydrogen) atoms. The molecule has 0 bridgehead atoms. The summed E-state index contributed by atoms with van der Waals surface area (Å²) in [4.78, 5) is 12.9. The van der Waals surface area contributed by atoms with Crippen molar-refractivity contribution >= 4 is 5.91 Å². The van der Waals surface area contributed by atoms with Crippen LogP contribution in [-0.4, -0.2) is 119 Å². The normalized spacial score (nSPS) is 44.9. The van der Waals surface area contributed by atoms with E-state index in [0.29, 0.717) is 12.8 Å². The summed E-state index contributed by atoms with van der Waals surface area (Å²) in [5.74, 6) is -0.950. The van der Waals surface area contributed by atoms with E-state index in [1.54, 1.807) is 14.0 Å². The van der Waals surface area contributed by atoms with Gasteiger partial charge in [0.1, 0.15) is 30.0 Å². The van der Waals surface area contributed by atoms with Gasteiger partial charge < -0.3 is 61.5 Å². The van der Waals surface area contributed by atoms with Crippen molar-refractivity contribution < 1.29 is 44.2 Å². The van der Waals surface area contributed by atoms with Crippen molar-refractivity contribution in [3.8, 4) is 0 Å². The van der Waals surface area contributed by atoms with Crippen molar-refractivity contribution in [2.45, 2.75) is 139 Å². The number of carbonyl (C=O) groups excluding carboxylic acids is 1. The minimum atomic E-state index is -1.45. The lowest BCUT2D eigenvalue weighted by Crippen LogP contribution is -2.68. The summed E-state index contributed by atoms with van der Waals surface area (Å²) >= 11 is 0. The van der Waals surface area contributed by atoms with Gasteiger partial charge in [-0.15, -0.1) is 0 Å². The zero-order valence-electron chi connectivity index (χ0n) is 23.7. The molecule has 0 aromatic carbocycles. The van der Waals surface area contributed by atoms with Crippen molar-refractivity contribution in [1.82, 2.24) is 10.6 Å². The molecule has 0 aromatic heterocycles. The Morgan fingerprint density at radius 1 is 1.15 bits per heavy atom. The number of rotatable bonds is 10. The highest BCUT2D eigenvalue weighted by Gasteiger charge is 2.51. The highest BCUT2D eigenvalue weighted by molar-refractivity contribution is 5.81. The molecule has 2 aliphatic heterocycles. The van der Waals surface area contributed by atoms with E-state index in [2.05, 4.69) is 10.6 Å². The molecular formula is C26H50N4O9. The number of aliphatic hydroxyl groups is 4. The average molecular weight is 563 g/mol. The Labute approximate surface area is 230 Å². The third kappa shape index (κ3) is 7.46. The van der Waals surface area contributed by atoms with Crippen LogP contribution < -0.4 is 22.1 Å². The number of hydrogen-bond acceptors (Lipinski definition) is 12. The van der Waals surface area contributed by atoms with Gasteiger partial charge in [0.25, 0.3) is 5.91 Å². The molecule has 3 rings (SSSR count). The summed E-state index contributed by atoms with van der Waals surface area (Å²) < 4.78 is 24.1. The molecule has 228 valence electrons. The standard InChI is InChI=1S/C26H50N4O9/c1-6-13-8-9-15(28)24(37-13)38-20-12(3)10-16(30-23(34)17(31)14(27)7-2)21(18(20)32)39-25-19(33)22(29-5)26(4,35)11-36-25/h12-22,24-25,29,31-33,35H,6-11,27-28H2,1-5H3,(H,30,34)/t12-,13+,14+,15?,16+,17-,18?,19?,20?,21?,22+,24+,25+,26?/m0/s1. The summed E-state index contributed by atoms with van der Waals surface area (Å²) in [6.45, 7) is 7.06. The number of likely N-dealkylation sites (N-methyl/N-ethyl adjacent to an activating group) is 1. The van der Waals surface area contributed by atoms with Crippen molar-refractivity contribution in [1.29, 1.82) is 0 Å². The third-order valence-corrected chi connectivity index (χ3v) is 8.41. The van der Waals surface area contributed by atoms with E-state index in [1.165, 1.54) is 6.92 Å². The predicted octanol–water partition coefficient (Wildman–Crippen LogP) is -1.96. The number of carbonyl (C=O) groups is 1. The second-order valence-corrected chi connectivity index (χ2v) is 11.6. The molecule has 14 atom stereocenters. The molecule has 6 unspecified atom stereocenters. The molecule has 1 aliphatic carbocycles. The monoisotopic (exact) mass is 562 g/mol. The van der Waals surface area contributed by atoms with Crippen molar-refractivity contribution in [3.63, 3.8) is 0 Å². The number of nitrogens with two attached hydrogens (primary N) is 2. The van der Waals surface area contributed by atoms with Gasteiger partial charge in [0.15, 0.2) is 12.6 Å². The van der Waals surface area contributed by atoms with E-state index in [9.17, 15) is 25.2 Å². The van der Waals surface area contributed by atoms with Crippen LogP contribution >= 0.6 is 0 Å². The van der Waals surface area contributed by atoms with Gasteiger partial charge in [-0.2, -0.15) is 0 Å². The highest BCUT2D eigenvalue weighted by Crippen LogP contribution is 2.35. The minimum absolute atomic E-state index is 0.00578. The number of nitrogens with one attached hydrogen (secondary N) is 2. The molecule has 3 fully saturated rings. The summed E-state index contributed by atoms with van der Waals surface area (Å²) in [6.07, 6.45) is -4.74. The zero-order chi connectivity index (χ0) is 29.1. The molecule has 2 heterocycles. The predicted molar refractivity (Wildman–Crippen MR) is 141 cm³/mol. The number of aliphatic hydroxyl groups excluding tert-OH is 3. The van der Waals surface area contributed by atoms with Crippen molar-refractivity contribution in [2.24, 2.45) is 17.4 Å². The fraction of sp³-hybridized carbons (Fsp3) is 0.962. The fourth-order valence-electron chi connectivity index (χ4n) is 5.83. The zero-order valence-corrected chi connectivity index (χ0v) is 23.7. The van der Waals surface area contributed by atoms with Crippen molar-refractivity contribution in [2.75, 3.05) is 13.7 Å². The molecule has 0 spiro atoms. The Bertz CT molecular complexity index is 793. The molecule has 0 radical (unpaired) electrons. The lowest BCUT2D eigenvalue weighted by atomic mass is 9.79. The summed E-state index contributed by atoms with van der Waals surface area (Å²) in [6, 6.07) is -2.67. The summed E-state index contributed by atoms with van der Waals surface area (Å²) in [5, 5.41) is 49.2. The molecule has 3 aliphatic rings. The number of hydrogen-bond donors (Lipinski definition) is 8. The Morgan fingerprint density at radius 2 is 1.82 bits per heavy atom. The van der Waals surface area contributed by atoms with Gasteiger partial charge in [0.05, 0.1) is 36.9 Å². The topological polar surface area (TPSA) is 211 Å². The Kier molecular flexibility index (Phi) is 11.5. The minimum Gasteiger partial charge on any atom is -0.388 e. The van der Waals surface area contributed by atoms with E-state index in [4.69, 9.17) is 30.4 Å². The molecular weight excluding hydrogens is 512 g/mol. The third-order valence-electron chi connectivity index (χ3n) is 8.41. The molecule has 10 N–H and O–H groups in total. The molecule has 13 nitrogen and oxygen atoms in total. The Hall–Kier alpha value is -0.970. The van der Waals surface area contributed by atoms with Gasteiger partial charge in [-0.3, -0.25) is 4.79 Å². The van der Waals surface area contributed by atoms with E-state index in [1.807, 2.05) is 13.8 Å². The van der Waals surface area contributed by atoms with Crippen LogP contribution in [0.1, 0.15) is 59.8 Å². The Balaban J connectivity index is 1.83. The van der Waals surface area contributed by atoms with Gasteiger partial charge in [-0.05, 0) is 52.0 Å². The van der Waals surface area contributed by atoms with Crippen LogP contribution in [0.5, 0.6) is 0 Å². The molecule has 13 heteroatoms. The van der Waals surface area contributed by atoms with Gasteiger partial charge in [0.2, 0.25) is 0 Å². The fourth-order valence-corrected chi connectivity index (χ4v) is 5.83. The van der Waals surface area contributed by atoms with Crippen LogP contribution in [0.25, 0.3) is 0 Å². The maximum Gasteiger partial charge on any atom is 0.250 e. The second-order valence-electron chi connectivity index (χ2n) is 11.6. The SMILES string of the molecule is CC[C@@H]1CCC(N)[C@@H](OC2C(O)C(O[C@H]3OCC(C)(O)[C@H](NC)C3O)[C@H](NC(=O)[C@@H](O)[C@H](N)CC)C[C@@H]2C)O1. The molecule has 1 amide bonds. The van der Waals surface area contributed by atoms with Crippen LogP contribution in [0.4, 0.5) is 0 Å². The maximum absolute atomic E-state index is 12.9. The first-order valence-corrected chi connectivity index (χ1v) is 14.2.